The number of amides is 1. The van der Waals surface area contributed by atoms with Crippen LogP contribution in [0.5, 0.6) is 0 Å². The number of thiazole rings is 1. The summed E-state index contributed by atoms with van der Waals surface area (Å²) in [5.41, 5.74) is -1.55. The van der Waals surface area contributed by atoms with Crippen LogP contribution in [0.15, 0.2) is 41.3 Å². The maximum Gasteiger partial charge on any atom is 0.419 e. The Morgan fingerprint density at radius 2 is 1.77 bits per heavy atom. The summed E-state index contributed by atoms with van der Waals surface area (Å²) in [6.45, 7) is -0.320. The van der Waals surface area contributed by atoms with Crippen LogP contribution in [-0.2, 0) is 16.4 Å². The van der Waals surface area contributed by atoms with Crippen LogP contribution in [0.3, 0.4) is 0 Å². The lowest BCUT2D eigenvalue weighted by atomic mass is 9.81. The molecule has 3 N–H and O–H groups in total. The second-order valence-corrected chi connectivity index (χ2v) is 14.0. The third kappa shape index (κ3) is 6.59. The second kappa shape index (κ2) is 11.9. The van der Waals surface area contributed by atoms with Gasteiger partial charge in [0.15, 0.2) is 10.6 Å². The van der Waals surface area contributed by atoms with Gasteiger partial charge >= 0.3 is 12.4 Å². The van der Waals surface area contributed by atoms with Crippen molar-refractivity contribution in [3.8, 4) is 10.4 Å². The normalized spacial score (nSPS) is 18.5. The van der Waals surface area contributed by atoms with Crippen LogP contribution in [0.25, 0.3) is 21.2 Å². The maximum absolute atomic E-state index is 13.1. The molecule has 1 aliphatic heterocycles. The monoisotopic (exact) mass is 664 g/mol. The van der Waals surface area contributed by atoms with Crippen LogP contribution in [-0.4, -0.2) is 79.5 Å². The highest BCUT2D eigenvalue weighted by Crippen LogP contribution is 2.41. The number of aromatic nitrogens is 1. The number of carbonyl (C=O) groups excluding carboxylic acids is 1. The van der Waals surface area contributed by atoms with Crippen LogP contribution in [0, 0.1) is 5.92 Å². The van der Waals surface area contributed by atoms with E-state index in [0.717, 1.165) is 37.5 Å². The summed E-state index contributed by atoms with van der Waals surface area (Å²) in [5.74, 6) is -0.180. The van der Waals surface area contributed by atoms with Crippen LogP contribution >= 0.6 is 11.3 Å². The number of nitrogens with zero attached hydrogens (tertiary/aromatic N) is 2. The number of sulfonamides is 1. The molecule has 2 aliphatic rings. The van der Waals surface area contributed by atoms with Gasteiger partial charge in [-0.2, -0.15) is 31.1 Å². The molecule has 240 valence electrons. The van der Waals surface area contributed by atoms with Gasteiger partial charge in [-0.1, -0.05) is 49.6 Å². The van der Waals surface area contributed by atoms with Gasteiger partial charge in [0.05, 0.1) is 15.5 Å². The second-order valence-electron chi connectivity index (χ2n) is 11.3. The van der Waals surface area contributed by atoms with Gasteiger partial charge in [-0.05, 0) is 30.7 Å². The molecule has 1 amide bonds. The zero-order chi connectivity index (χ0) is 32.1. The molecule has 1 saturated heterocycles. The van der Waals surface area contributed by atoms with Gasteiger partial charge in [-0.15, -0.1) is 11.3 Å². The van der Waals surface area contributed by atoms with E-state index < -0.39 is 53.0 Å². The number of benzene rings is 2. The highest BCUT2D eigenvalue weighted by atomic mass is 32.2. The average Bonchev–Trinajstić information content (AvgIpc) is 3.31. The lowest BCUT2D eigenvalue weighted by Crippen LogP contribution is -2.69. The Morgan fingerprint density at radius 1 is 1.11 bits per heavy atom. The number of hydrogen-bond acceptors (Lipinski definition) is 7. The fraction of sp³-hybridized carbons (Fsp3) is 0.500. The van der Waals surface area contributed by atoms with Crippen LogP contribution < -0.4 is 10.0 Å². The van der Waals surface area contributed by atoms with E-state index in [9.17, 15) is 44.7 Å². The van der Waals surface area contributed by atoms with Gasteiger partial charge in [0.1, 0.15) is 6.04 Å². The summed E-state index contributed by atoms with van der Waals surface area (Å²) in [6.07, 6.45) is -5.90. The minimum absolute atomic E-state index is 0.0263. The number of rotatable bonds is 10. The van der Waals surface area contributed by atoms with Gasteiger partial charge in [-0.3, -0.25) is 9.69 Å². The maximum atomic E-state index is 13.1. The zero-order valence-electron chi connectivity index (χ0n) is 23.4. The van der Waals surface area contributed by atoms with Crippen LogP contribution in [0.1, 0.15) is 41.7 Å². The summed E-state index contributed by atoms with van der Waals surface area (Å²) in [7, 11) is -4.56. The molecule has 44 heavy (non-hydrogen) atoms. The Hall–Kier alpha value is -2.79. The Bertz CT molecular complexity index is 1650. The van der Waals surface area contributed by atoms with E-state index in [4.69, 9.17) is 0 Å². The summed E-state index contributed by atoms with van der Waals surface area (Å²) >= 11 is 1.08. The number of fused-ring (bicyclic) bond motifs is 1. The van der Waals surface area contributed by atoms with E-state index >= 15 is 0 Å². The molecule has 8 nitrogen and oxygen atoms in total. The summed E-state index contributed by atoms with van der Waals surface area (Å²) in [5, 5.41) is 13.0. The summed E-state index contributed by atoms with van der Waals surface area (Å²) in [4.78, 5) is 19.3. The van der Waals surface area contributed by atoms with Crippen molar-refractivity contribution in [3.63, 3.8) is 0 Å². The van der Waals surface area contributed by atoms with E-state index in [1.165, 1.54) is 23.1 Å². The molecule has 2 heterocycles. The molecule has 1 aromatic heterocycles. The number of likely N-dealkylation sites (tertiary alicyclic amines) is 1. The smallest absolute Gasteiger partial charge is 0.378 e. The molecule has 2 aromatic carbocycles. The lowest BCUT2D eigenvalue weighted by Gasteiger charge is -2.47. The molecule has 5 rings (SSSR count). The minimum Gasteiger partial charge on any atom is -0.378 e. The topological polar surface area (TPSA) is 112 Å². The molecule has 3 aromatic rings. The SMILES string of the molecule is C[C@H](NS(=O)(=O)c1ccc(-c2sc(C(=O)NCCN3CC(O)(C(F)(F)F)C3)nc2CC2CCC2)c2ccccc12)C(F)(F)F. The Labute approximate surface area is 253 Å². The molecule has 0 unspecified atom stereocenters. The van der Waals surface area contributed by atoms with Crippen LogP contribution in [0.4, 0.5) is 26.3 Å². The molecule has 16 heteroatoms. The summed E-state index contributed by atoms with van der Waals surface area (Å²) < 4.78 is 106. The van der Waals surface area contributed by atoms with Crippen molar-refractivity contribution in [1.29, 1.82) is 0 Å². The van der Waals surface area contributed by atoms with Crippen molar-refractivity contribution in [3.05, 3.63) is 47.1 Å². The van der Waals surface area contributed by atoms with Gasteiger partial charge in [-0.25, -0.2) is 13.4 Å². The molecule has 0 bridgehead atoms. The first-order valence-corrected chi connectivity index (χ1v) is 16.2. The molecule has 2 fully saturated rings. The van der Waals surface area contributed by atoms with Crippen molar-refractivity contribution < 1.29 is 44.7 Å². The quantitative estimate of drug-likeness (QED) is 0.267. The third-order valence-electron chi connectivity index (χ3n) is 8.05. The van der Waals surface area contributed by atoms with Gasteiger partial charge < -0.3 is 10.4 Å². The van der Waals surface area contributed by atoms with Crippen molar-refractivity contribution >= 4 is 38.0 Å². The molecule has 0 spiro atoms. The minimum atomic E-state index is -4.78. The van der Waals surface area contributed by atoms with E-state index in [1.807, 2.05) is 0 Å². The number of alkyl halides is 6. The largest absolute Gasteiger partial charge is 0.419 e. The molecular weight excluding hydrogens is 634 g/mol. The van der Waals surface area contributed by atoms with Crippen molar-refractivity contribution in [2.75, 3.05) is 26.2 Å². The first-order chi connectivity index (χ1) is 20.5. The predicted molar refractivity (Wildman–Crippen MR) is 152 cm³/mol. The number of carbonyl (C=O) groups is 1. The highest BCUT2D eigenvalue weighted by molar-refractivity contribution is 7.89. The number of aliphatic hydroxyl groups is 1. The Balaban J connectivity index is 1.40. The molecule has 1 saturated carbocycles. The highest BCUT2D eigenvalue weighted by Gasteiger charge is 2.60. The van der Waals surface area contributed by atoms with Crippen LogP contribution in [0.2, 0.25) is 0 Å². The van der Waals surface area contributed by atoms with Gasteiger partial charge in [0.25, 0.3) is 5.91 Å². The Morgan fingerprint density at radius 3 is 2.36 bits per heavy atom. The Kier molecular flexibility index (Phi) is 8.78. The number of nitrogens with one attached hydrogen (secondary N) is 2. The number of hydrogen-bond donors (Lipinski definition) is 3. The lowest BCUT2D eigenvalue weighted by molar-refractivity contribution is -0.301. The van der Waals surface area contributed by atoms with E-state index in [-0.39, 0.29) is 28.4 Å². The van der Waals surface area contributed by atoms with E-state index in [1.54, 1.807) is 22.9 Å². The third-order valence-corrected chi connectivity index (χ3v) is 10.8. The fourth-order valence-electron chi connectivity index (χ4n) is 5.27. The standard InChI is InChI=1S/C28H30F6N4O4S2/c1-16(27(29,30)31)37-44(41,42)22-10-9-20(18-7-2-3-8-19(18)22)23-21(13-17-5-4-6-17)36-25(43-23)24(39)35-11-12-38-14-26(40,15-38)28(32,33)34/h2-3,7-10,16-17,37,40H,4-6,11-15H2,1H3,(H,35,39)/t16-/m0/s1. The van der Waals surface area contributed by atoms with Crippen molar-refractivity contribution in [2.45, 2.75) is 61.5 Å². The summed E-state index contributed by atoms with van der Waals surface area (Å²) in [6, 6.07) is 6.83. The first-order valence-electron chi connectivity index (χ1n) is 13.9. The van der Waals surface area contributed by atoms with Crippen molar-refractivity contribution in [1.82, 2.24) is 19.9 Å². The molecule has 1 atom stereocenters. The first kappa shape index (κ1) is 32.6. The average molecular weight is 665 g/mol. The van der Waals surface area contributed by atoms with Crippen molar-refractivity contribution in [2.24, 2.45) is 5.92 Å². The van der Waals surface area contributed by atoms with Gasteiger partial charge in [0.2, 0.25) is 10.0 Å². The predicted octanol–water partition coefficient (Wildman–Crippen LogP) is 4.87. The molecule has 0 radical (unpaired) electrons. The van der Waals surface area contributed by atoms with E-state index in [2.05, 4.69) is 10.3 Å². The fourth-order valence-corrected chi connectivity index (χ4v) is 7.76. The van der Waals surface area contributed by atoms with E-state index in [0.29, 0.717) is 33.9 Å². The number of halogens is 6. The molecular formula is C28H30F6N4O4S2. The molecule has 1 aliphatic carbocycles. The van der Waals surface area contributed by atoms with Gasteiger partial charge in [0, 0.05) is 37.1 Å². The zero-order valence-corrected chi connectivity index (χ0v) is 25.1. The number of β-amino-alcohol motifs (C(OH)–C–C–N with tert-alkyl or cyclic N) is 1.